The molecule has 0 radical (unpaired) electrons. The van der Waals surface area contributed by atoms with Crippen LogP contribution in [0.5, 0.6) is 0 Å². The average molecular weight is 535 g/mol. The number of ether oxygens (including phenoxy) is 3. The summed E-state index contributed by atoms with van der Waals surface area (Å²) in [5, 5.41) is 47.6. The molecule has 3 aliphatic heterocycles. The Labute approximate surface area is 223 Å². The number of aliphatic hydroxyl groups excluding tert-OH is 2. The van der Waals surface area contributed by atoms with E-state index in [1.165, 1.54) is 0 Å². The van der Waals surface area contributed by atoms with Gasteiger partial charge in [0.2, 0.25) is 0 Å². The fraction of sp³-hybridized carbons (Fsp3) is 0.862. The van der Waals surface area contributed by atoms with Crippen molar-refractivity contribution in [2.45, 2.75) is 126 Å². The molecule has 6 aliphatic rings. The number of cyclic esters (lactones) is 1. The molecular formula is C29H42O9. The van der Waals surface area contributed by atoms with Gasteiger partial charge in [0.05, 0.1) is 29.8 Å². The Bertz CT molecular complexity index is 1090. The van der Waals surface area contributed by atoms with Crippen molar-refractivity contribution >= 4 is 11.9 Å². The number of esters is 2. The third kappa shape index (κ3) is 3.22. The van der Waals surface area contributed by atoms with E-state index in [2.05, 4.69) is 0 Å². The average Bonchev–Trinajstić information content (AvgIpc) is 3.40. The van der Waals surface area contributed by atoms with Gasteiger partial charge < -0.3 is 34.6 Å². The molecule has 212 valence electrons. The molecule has 0 aromatic heterocycles. The van der Waals surface area contributed by atoms with Gasteiger partial charge in [-0.3, -0.25) is 4.79 Å². The van der Waals surface area contributed by atoms with E-state index in [0.29, 0.717) is 31.3 Å². The molecule has 5 fully saturated rings. The number of rotatable bonds is 3. The van der Waals surface area contributed by atoms with E-state index in [9.17, 15) is 30.0 Å². The first-order chi connectivity index (χ1) is 17.6. The van der Waals surface area contributed by atoms with Gasteiger partial charge in [0.15, 0.2) is 0 Å². The van der Waals surface area contributed by atoms with Crippen LogP contribution >= 0.6 is 0 Å². The standard InChI is InChI=1S/C29H42O9/c1-14-10-17(36-24(14)33)23(32)15(2)16-11-20(30)29(35)19-7-6-18-25(3,4)37-21-12-22(31)38-28(18,21)13-27(19,34)9-8-26(16,29)5/h10,15-21,23,30,32,34-35H,6-9,11-13H2,1-5H3/t15-,16+,17+,18-,19+,20-,21+,23+,26+,27-,28+,29+/m0/s1. The molecule has 0 unspecified atom stereocenters. The summed E-state index contributed by atoms with van der Waals surface area (Å²) in [5.41, 5.74) is -4.79. The van der Waals surface area contributed by atoms with Crippen LogP contribution in [0.1, 0.15) is 79.6 Å². The summed E-state index contributed by atoms with van der Waals surface area (Å²) < 4.78 is 17.7. The van der Waals surface area contributed by atoms with Gasteiger partial charge in [-0.2, -0.15) is 0 Å². The SMILES string of the molecule is CC1=C[C@H]([C@H](O)[C@@H](C)[C@H]2C[C@H](O)[C@]3(O)[C@@H]4CC[C@H]5C(C)(C)O[C@@H]6CC(=O)O[C@@]65C[C@@]4(O)CC[C@]23C)OC1=O. The first-order valence-electron chi connectivity index (χ1n) is 14.2. The lowest BCUT2D eigenvalue weighted by atomic mass is 9.50. The summed E-state index contributed by atoms with van der Waals surface area (Å²) in [6.07, 6.45) is 0.770. The van der Waals surface area contributed by atoms with E-state index in [4.69, 9.17) is 14.2 Å². The van der Waals surface area contributed by atoms with Crippen LogP contribution in [0, 0.1) is 29.1 Å². The van der Waals surface area contributed by atoms with Crippen LogP contribution in [0.3, 0.4) is 0 Å². The Morgan fingerprint density at radius 2 is 1.76 bits per heavy atom. The molecule has 3 saturated carbocycles. The van der Waals surface area contributed by atoms with E-state index >= 15 is 0 Å². The highest BCUT2D eigenvalue weighted by molar-refractivity contribution is 5.90. The minimum absolute atomic E-state index is 0.141. The van der Waals surface area contributed by atoms with Crippen LogP contribution in [-0.4, -0.2) is 79.2 Å². The summed E-state index contributed by atoms with van der Waals surface area (Å²) in [7, 11) is 0. The van der Waals surface area contributed by atoms with Gasteiger partial charge in [-0.1, -0.05) is 13.8 Å². The molecule has 0 aromatic carbocycles. The highest BCUT2D eigenvalue weighted by Gasteiger charge is 2.76. The van der Waals surface area contributed by atoms with E-state index in [1.807, 2.05) is 27.7 Å². The maximum Gasteiger partial charge on any atom is 0.334 e. The second-order valence-electron chi connectivity index (χ2n) is 14.0. The van der Waals surface area contributed by atoms with E-state index in [0.717, 1.165) is 0 Å². The lowest BCUT2D eigenvalue weighted by Crippen LogP contribution is -2.67. The third-order valence-electron chi connectivity index (χ3n) is 11.9. The van der Waals surface area contributed by atoms with Crippen molar-refractivity contribution in [2.75, 3.05) is 0 Å². The number of carbonyl (C=O) groups excluding carboxylic acids is 2. The zero-order valence-electron chi connectivity index (χ0n) is 23.0. The zero-order chi connectivity index (χ0) is 27.6. The molecule has 0 amide bonds. The Hall–Kier alpha value is -1.52. The molecule has 12 atom stereocenters. The number of aliphatic hydroxyl groups is 4. The van der Waals surface area contributed by atoms with E-state index in [1.54, 1.807) is 13.0 Å². The number of fused-ring (bicyclic) bond motifs is 3. The van der Waals surface area contributed by atoms with Crippen molar-refractivity contribution in [1.29, 1.82) is 0 Å². The Morgan fingerprint density at radius 3 is 2.42 bits per heavy atom. The highest BCUT2D eigenvalue weighted by Crippen LogP contribution is 2.69. The predicted octanol–water partition coefficient (Wildman–Crippen LogP) is 1.78. The first-order valence-corrected chi connectivity index (χ1v) is 14.2. The largest absolute Gasteiger partial charge is 0.456 e. The van der Waals surface area contributed by atoms with Crippen molar-refractivity contribution in [2.24, 2.45) is 29.1 Å². The molecule has 38 heavy (non-hydrogen) atoms. The monoisotopic (exact) mass is 534 g/mol. The Balaban J connectivity index is 1.34. The van der Waals surface area contributed by atoms with Gasteiger partial charge in [-0.15, -0.1) is 0 Å². The lowest BCUT2D eigenvalue weighted by molar-refractivity contribution is -0.254. The smallest absolute Gasteiger partial charge is 0.334 e. The fourth-order valence-corrected chi connectivity index (χ4v) is 9.99. The van der Waals surface area contributed by atoms with Crippen LogP contribution in [-0.2, 0) is 23.8 Å². The molecule has 1 spiro atoms. The summed E-state index contributed by atoms with van der Waals surface area (Å²) in [6, 6.07) is 0. The topological polar surface area (TPSA) is 143 Å². The van der Waals surface area contributed by atoms with E-state index in [-0.39, 0.29) is 43.0 Å². The fourth-order valence-electron chi connectivity index (χ4n) is 9.99. The normalized spacial score (nSPS) is 52.6. The summed E-state index contributed by atoms with van der Waals surface area (Å²) in [5.74, 6) is -2.20. The molecule has 0 bridgehead atoms. The molecule has 4 N–H and O–H groups in total. The maximum absolute atomic E-state index is 12.5. The molecule has 3 aliphatic carbocycles. The van der Waals surface area contributed by atoms with Gasteiger partial charge >= 0.3 is 11.9 Å². The first kappa shape index (κ1) is 26.7. The number of hydrogen-bond donors (Lipinski definition) is 4. The second kappa shape index (κ2) is 8.03. The zero-order valence-corrected chi connectivity index (χ0v) is 23.0. The van der Waals surface area contributed by atoms with Gasteiger partial charge in [0, 0.05) is 29.2 Å². The number of hydrogen-bond acceptors (Lipinski definition) is 9. The van der Waals surface area contributed by atoms with Crippen LogP contribution in [0.25, 0.3) is 0 Å². The van der Waals surface area contributed by atoms with Gasteiger partial charge in [0.1, 0.15) is 23.4 Å². The Kier molecular flexibility index (Phi) is 5.64. The van der Waals surface area contributed by atoms with Gasteiger partial charge in [-0.25, -0.2) is 4.79 Å². The molecule has 0 aromatic rings. The van der Waals surface area contributed by atoms with Crippen LogP contribution in [0.2, 0.25) is 0 Å². The summed E-state index contributed by atoms with van der Waals surface area (Å²) in [4.78, 5) is 24.4. The quantitative estimate of drug-likeness (QED) is 0.399. The highest BCUT2D eigenvalue weighted by atomic mass is 16.6. The molecule has 6 rings (SSSR count). The summed E-state index contributed by atoms with van der Waals surface area (Å²) in [6.45, 7) is 9.50. The van der Waals surface area contributed by atoms with Crippen molar-refractivity contribution < 1.29 is 44.2 Å². The third-order valence-corrected chi connectivity index (χ3v) is 11.9. The molecular weight excluding hydrogens is 492 g/mol. The predicted molar refractivity (Wildman–Crippen MR) is 133 cm³/mol. The molecule has 9 heteroatoms. The van der Waals surface area contributed by atoms with Crippen molar-refractivity contribution in [3.05, 3.63) is 11.6 Å². The summed E-state index contributed by atoms with van der Waals surface area (Å²) >= 11 is 0. The molecule has 3 heterocycles. The maximum atomic E-state index is 12.5. The molecule has 2 saturated heterocycles. The van der Waals surface area contributed by atoms with Crippen LogP contribution in [0.15, 0.2) is 11.6 Å². The van der Waals surface area contributed by atoms with Gasteiger partial charge in [0.25, 0.3) is 0 Å². The van der Waals surface area contributed by atoms with Crippen molar-refractivity contribution in [3.63, 3.8) is 0 Å². The number of carbonyl (C=O) groups is 2. The van der Waals surface area contributed by atoms with Gasteiger partial charge in [-0.05, 0) is 70.8 Å². The van der Waals surface area contributed by atoms with Crippen molar-refractivity contribution in [3.8, 4) is 0 Å². The van der Waals surface area contributed by atoms with Crippen molar-refractivity contribution in [1.82, 2.24) is 0 Å². The van der Waals surface area contributed by atoms with Crippen LogP contribution < -0.4 is 0 Å². The Morgan fingerprint density at radius 1 is 1.08 bits per heavy atom. The second-order valence-corrected chi connectivity index (χ2v) is 14.0. The minimum atomic E-state index is -1.60. The lowest BCUT2D eigenvalue weighted by Gasteiger charge is -2.59. The van der Waals surface area contributed by atoms with E-state index < -0.39 is 64.1 Å². The van der Waals surface area contributed by atoms with Crippen LogP contribution in [0.4, 0.5) is 0 Å². The molecule has 9 nitrogen and oxygen atoms in total. The minimum Gasteiger partial charge on any atom is -0.456 e.